The first-order valence-electron chi connectivity index (χ1n) is 10.7. The lowest BCUT2D eigenvalue weighted by molar-refractivity contribution is -0.127. The molecule has 3 aromatic carbocycles. The van der Waals surface area contributed by atoms with E-state index in [1.807, 2.05) is 0 Å². The molecule has 9 heteroatoms. The molecule has 0 N–H and O–H groups in total. The third kappa shape index (κ3) is 2.94. The fourth-order valence-corrected chi connectivity index (χ4v) is 5.99. The van der Waals surface area contributed by atoms with Crippen LogP contribution in [-0.4, -0.2) is 29.0 Å². The molecular weight excluding hydrogens is 513 g/mol. The second-order valence-corrected chi connectivity index (χ2v) is 9.92. The summed E-state index contributed by atoms with van der Waals surface area (Å²) in [6.07, 6.45) is -1.04. The number of Topliss-reactive ketones (excluding diaryl/α,β-unsaturated/α-hetero) is 2. The Morgan fingerprint density at radius 1 is 0.743 bits per heavy atom. The zero-order valence-corrected chi connectivity index (χ0v) is 20.0. The second-order valence-electron chi connectivity index (χ2n) is 8.64. The van der Waals surface area contributed by atoms with E-state index in [0.29, 0.717) is 15.6 Å². The molecule has 0 saturated carbocycles. The summed E-state index contributed by atoms with van der Waals surface area (Å²) in [7, 11) is 0. The molecule has 2 fully saturated rings. The summed E-state index contributed by atoms with van der Waals surface area (Å²) in [5.41, 5.74) is -1.18. The van der Waals surface area contributed by atoms with Crippen LogP contribution in [0.4, 0.5) is 5.69 Å². The summed E-state index contributed by atoms with van der Waals surface area (Å²) in [4.78, 5) is 56.0. The van der Waals surface area contributed by atoms with Gasteiger partial charge in [-0.3, -0.25) is 19.2 Å². The van der Waals surface area contributed by atoms with Crippen molar-refractivity contribution >= 4 is 63.9 Å². The minimum atomic E-state index is -2.15. The molecule has 0 aromatic heterocycles. The molecule has 0 unspecified atom stereocenters. The van der Waals surface area contributed by atoms with Crippen molar-refractivity contribution in [1.82, 2.24) is 0 Å². The van der Waals surface area contributed by atoms with E-state index in [9.17, 15) is 19.2 Å². The normalized spacial score (nSPS) is 24.4. The van der Waals surface area contributed by atoms with E-state index in [2.05, 4.69) is 0 Å². The summed E-state index contributed by atoms with van der Waals surface area (Å²) < 4.78 is 6.22. The number of benzene rings is 3. The molecule has 6 rings (SSSR count). The molecule has 174 valence electrons. The number of halogens is 3. The number of ketones is 2. The predicted molar refractivity (Wildman–Crippen MR) is 129 cm³/mol. The average Bonchev–Trinajstić information content (AvgIpc) is 3.40. The number of hydrogen-bond acceptors (Lipinski definition) is 5. The molecule has 2 heterocycles. The number of carbonyl (C=O) groups is 4. The van der Waals surface area contributed by atoms with Crippen LogP contribution in [0.15, 0.2) is 66.7 Å². The highest BCUT2D eigenvalue weighted by Crippen LogP contribution is 2.58. The van der Waals surface area contributed by atoms with Gasteiger partial charge in [0.15, 0.2) is 0 Å². The van der Waals surface area contributed by atoms with Gasteiger partial charge in [0.1, 0.15) is 0 Å². The summed E-state index contributed by atoms with van der Waals surface area (Å²) in [5.74, 6) is -5.09. The molecule has 35 heavy (non-hydrogen) atoms. The lowest BCUT2D eigenvalue weighted by Crippen LogP contribution is -2.51. The zero-order valence-electron chi connectivity index (χ0n) is 17.7. The highest BCUT2D eigenvalue weighted by atomic mass is 35.5. The monoisotopic (exact) mass is 525 g/mol. The Kier molecular flexibility index (Phi) is 4.96. The van der Waals surface area contributed by atoms with Gasteiger partial charge in [-0.2, -0.15) is 0 Å². The number of amides is 2. The first-order valence-corrected chi connectivity index (χ1v) is 11.8. The maximum Gasteiger partial charge on any atom is 0.241 e. The van der Waals surface area contributed by atoms with Crippen LogP contribution in [0.3, 0.4) is 0 Å². The van der Waals surface area contributed by atoms with E-state index in [0.717, 1.165) is 4.90 Å². The Labute approximate surface area is 214 Å². The lowest BCUT2D eigenvalue weighted by atomic mass is 9.77. The first-order chi connectivity index (χ1) is 16.8. The molecule has 1 aliphatic carbocycles. The van der Waals surface area contributed by atoms with Crippen LogP contribution in [0.25, 0.3) is 0 Å². The first kappa shape index (κ1) is 22.4. The minimum Gasteiger partial charge on any atom is -0.349 e. The molecular formula is C26H14Cl3NO5. The summed E-state index contributed by atoms with van der Waals surface area (Å²) >= 11 is 18.4. The summed E-state index contributed by atoms with van der Waals surface area (Å²) in [5, 5.41) is 0.875. The van der Waals surface area contributed by atoms with Gasteiger partial charge in [0.2, 0.25) is 29.0 Å². The molecule has 1 spiro atoms. The topological polar surface area (TPSA) is 80.8 Å². The van der Waals surface area contributed by atoms with Crippen LogP contribution >= 0.6 is 34.8 Å². The van der Waals surface area contributed by atoms with Crippen LogP contribution in [-0.2, 0) is 14.3 Å². The van der Waals surface area contributed by atoms with E-state index in [1.165, 1.54) is 30.3 Å². The number of hydrogen-bond donors (Lipinski definition) is 0. The molecule has 2 saturated heterocycles. The Hall–Kier alpha value is -3.03. The largest absolute Gasteiger partial charge is 0.349 e. The maximum atomic E-state index is 13.9. The summed E-state index contributed by atoms with van der Waals surface area (Å²) in [6, 6.07) is 17.2. The maximum absolute atomic E-state index is 13.9. The van der Waals surface area contributed by atoms with Crippen LogP contribution in [0.2, 0.25) is 15.1 Å². The van der Waals surface area contributed by atoms with Crippen molar-refractivity contribution in [2.75, 3.05) is 4.90 Å². The third-order valence-corrected chi connectivity index (χ3v) is 7.66. The van der Waals surface area contributed by atoms with Gasteiger partial charge < -0.3 is 4.74 Å². The smallest absolute Gasteiger partial charge is 0.241 e. The number of ether oxygens (including phenoxy) is 1. The zero-order chi connectivity index (χ0) is 24.6. The van der Waals surface area contributed by atoms with Crippen molar-refractivity contribution in [3.8, 4) is 0 Å². The third-order valence-electron chi connectivity index (χ3n) is 6.87. The van der Waals surface area contributed by atoms with Crippen LogP contribution in [0.1, 0.15) is 32.4 Å². The van der Waals surface area contributed by atoms with Gasteiger partial charge in [-0.15, -0.1) is 0 Å². The molecule has 3 atom stereocenters. The van der Waals surface area contributed by atoms with Gasteiger partial charge >= 0.3 is 0 Å². The van der Waals surface area contributed by atoms with Crippen molar-refractivity contribution in [1.29, 1.82) is 0 Å². The molecule has 6 nitrogen and oxygen atoms in total. The number of anilines is 1. The van der Waals surface area contributed by atoms with E-state index < -0.39 is 46.9 Å². The van der Waals surface area contributed by atoms with Crippen molar-refractivity contribution < 1.29 is 23.9 Å². The number of fused-ring (bicyclic) bond motifs is 3. The minimum absolute atomic E-state index is 0.0875. The number of imide groups is 1. The molecule has 2 aliphatic heterocycles. The van der Waals surface area contributed by atoms with Crippen molar-refractivity contribution in [2.45, 2.75) is 11.7 Å². The molecule has 0 bridgehead atoms. The van der Waals surface area contributed by atoms with Crippen molar-refractivity contribution in [3.05, 3.63) is 98.5 Å². The predicted octanol–water partition coefficient (Wildman–Crippen LogP) is 5.34. The van der Waals surface area contributed by atoms with Gasteiger partial charge in [-0.25, -0.2) is 4.90 Å². The van der Waals surface area contributed by atoms with Crippen molar-refractivity contribution in [2.24, 2.45) is 11.8 Å². The number of rotatable bonds is 2. The standard InChI is InChI=1S/C26H14Cl3NO5/c27-13-7-5-12(6-8-13)21-19-20(25(34)30(24(19)33)18-10-9-14(28)11-17(18)29)26(35-21)22(31)15-3-1-2-4-16(15)23(26)32/h1-11,19-21H/t19-,20+,21-/m0/s1. The molecule has 0 radical (unpaired) electrons. The highest BCUT2D eigenvalue weighted by molar-refractivity contribution is 6.40. The van der Waals surface area contributed by atoms with Gasteiger partial charge in [0.05, 0.1) is 28.6 Å². The van der Waals surface area contributed by atoms with Gasteiger partial charge in [0.25, 0.3) is 0 Å². The Balaban J connectivity index is 1.55. The Morgan fingerprint density at radius 3 is 1.94 bits per heavy atom. The fraction of sp³-hybridized carbons (Fsp3) is 0.154. The molecule has 2 amide bonds. The molecule has 3 aromatic rings. The second kappa shape index (κ2) is 7.73. The SMILES string of the molecule is O=C1[C@@H]2[C@H](c3ccc(Cl)cc3)OC3(C(=O)c4ccccc4C3=O)[C@H]2C(=O)N1c1ccc(Cl)cc1Cl. The van der Waals surface area contributed by atoms with Gasteiger partial charge in [0, 0.05) is 21.2 Å². The van der Waals surface area contributed by atoms with E-state index >= 15 is 0 Å². The highest BCUT2D eigenvalue weighted by Gasteiger charge is 2.74. The summed E-state index contributed by atoms with van der Waals surface area (Å²) in [6.45, 7) is 0. The lowest BCUT2D eigenvalue weighted by Gasteiger charge is -2.27. The van der Waals surface area contributed by atoms with Gasteiger partial charge in [-0.05, 0) is 35.9 Å². The van der Waals surface area contributed by atoms with Crippen LogP contribution < -0.4 is 4.90 Å². The number of carbonyl (C=O) groups excluding carboxylic acids is 4. The quantitative estimate of drug-likeness (QED) is 0.333. The number of nitrogens with zero attached hydrogens (tertiary/aromatic N) is 1. The Bertz CT molecular complexity index is 1430. The van der Waals surface area contributed by atoms with E-state index in [4.69, 9.17) is 39.5 Å². The van der Waals surface area contributed by atoms with Crippen LogP contribution in [0.5, 0.6) is 0 Å². The van der Waals surface area contributed by atoms with E-state index in [-0.39, 0.29) is 21.8 Å². The van der Waals surface area contributed by atoms with Crippen molar-refractivity contribution in [3.63, 3.8) is 0 Å². The Morgan fingerprint density at radius 2 is 1.34 bits per heavy atom. The van der Waals surface area contributed by atoms with Crippen LogP contribution in [0, 0.1) is 11.8 Å². The fourth-order valence-electron chi connectivity index (χ4n) is 5.37. The van der Waals surface area contributed by atoms with E-state index in [1.54, 1.807) is 36.4 Å². The average molecular weight is 527 g/mol. The van der Waals surface area contributed by atoms with Gasteiger partial charge in [-0.1, -0.05) is 71.2 Å². The molecule has 3 aliphatic rings.